The molecule has 4 saturated carbocycles. The van der Waals surface area contributed by atoms with E-state index in [0.29, 0.717) is 18.8 Å². The normalized spacial score (nSPS) is 44.3. The molecule has 5 heteroatoms. The van der Waals surface area contributed by atoms with Crippen LogP contribution in [-0.4, -0.2) is 29.7 Å². The van der Waals surface area contributed by atoms with E-state index in [9.17, 15) is 18.7 Å². The van der Waals surface area contributed by atoms with E-state index in [1.165, 1.54) is 0 Å². The summed E-state index contributed by atoms with van der Waals surface area (Å²) in [4.78, 5) is 12.3. The molecule has 0 aromatic carbocycles. The molecular formula is C16H24F2O3. The fourth-order valence-electron chi connectivity index (χ4n) is 5.43. The molecular weight excluding hydrogens is 278 g/mol. The maximum absolute atomic E-state index is 12.3. The molecule has 4 aliphatic carbocycles. The van der Waals surface area contributed by atoms with E-state index in [0.717, 1.165) is 32.1 Å². The molecule has 120 valence electrons. The van der Waals surface area contributed by atoms with Crippen molar-refractivity contribution in [2.75, 3.05) is 6.61 Å². The van der Waals surface area contributed by atoms with E-state index in [2.05, 4.69) is 6.92 Å². The zero-order valence-corrected chi connectivity index (χ0v) is 12.5. The van der Waals surface area contributed by atoms with Gasteiger partial charge in [0.25, 0.3) is 6.43 Å². The number of hydrogen-bond acceptors (Lipinski definition) is 3. The SMILES string of the molecule is CCCC1(O)C2CC3CC1CC(C(=O)OCC(F)F)(C3)C2. The second kappa shape index (κ2) is 5.18. The van der Waals surface area contributed by atoms with Crippen LogP contribution < -0.4 is 0 Å². The molecule has 1 N–H and O–H groups in total. The lowest BCUT2D eigenvalue weighted by Crippen LogP contribution is -2.63. The van der Waals surface area contributed by atoms with E-state index in [-0.39, 0.29) is 11.8 Å². The van der Waals surface area contributed by atoms with E-state index in [4.69, 9.17) is 4.74 Å². The van der Waals surface area contributed by atoms with E-state index < -0.39 is 30.0 Å². The lowest BCUT2D eigenvalue weighted by atomic mass is 9.44. The van der Waals surface area contributed by atoms with Gasteiger partial charge in [0.1, 0.15) is 0 Å². The van der Waals surface area contributed by atoms with Crippen LogP contribution in [0, 0.1) is 23.2 Å². The van der Waals surface area contributed by atoms with Crippen molar-refractivity contribution in [1.82, 2.24) is 0 Å². The lowest BCUT2D eigenvalue weighted by molar-refractivity contribution is -0.218. The molecule has 21 heavy (non-hydrogen) atoms. The van der Waals surface area contributed by atoms with Gasteiger partial charge in [-0.2, -0.15) is 0 Å². The summed E-state index contributed by atoms with van der Waals surface area (Å²) in [6, 6.07) is 0. The van der Waals surface area contributed by atoms with Crippen molar-refractivity contribution in [3.8, 4) is 0 Å². The van der Waals surface area contributed by atoms with Crippen molar-refractivity contribution in [1.29, 1.82) is 0 Å². The van der Waals surface area contributed by atoms with Crippen LogP contribution in [0.1, 0.15) is 51.9 Å². The summed E-state index contributed by atoms with van der Waals surface area (Å²) in [6.45, 7) is 1.26. The van der Waals surface area contributed by atoms with Crippen LogP contribution in [0.5, 0.6) is 0 Å². The first-order valence-electron chi connectivity index (χ1n) is 8.07. The van der Waals surface area contributed by atoms with Gasteiger partial charge in [-0.1, -0.05) is 13.3 Å². The van der Waals surface area contributed by atoms with E-state index in [1.54, 1.807) is 0 Å². The topological polar surface area (TPSA) is 46.5 Å². The summed E-state index contributed by atoms with van der Waals surface area (Å²) < 4.78 is 29.4. The Kier molecular flexibility index (Phi) is 3.75. The maximum atomic E-state index is 12.3. The number of ether oxygens (including phenoxy) is 1. The lowest BCUT2D eigenvalue weighted by Gasteiger charge is -2.62. The highest BCUT2D eigenvalue weighted by molar-refractivity contribution is 5.77. The number of carbonyl (C=O) groups is 1. The van der Waals surface area contributed by atoms with E-state index >= 15 is 0 Å². The van der Waals surface area contributed by atoms with Crippen LogP contribution in [0.2, 0.25) is 0 Å². The Morgan fingerprint density at radius 1 is 1.29 bits per heavy atom. The predicted octanol–water partition coefficient (Wildman–Crippen LogP) is 3.15. The number of carbonyl (C=O) groups excluding carboxylic acids is 1. The molecule has 0 heterocycles. The predicted molar refractivity (Wildman–Crippen MR) is 72.8 cm³/mol. The fraction of sp³-hybridized carbons (Fsp3) is 0.938. The van der Waals surface area contributed by atoms with Crippen LogP contribution in [0.15, 0.2) is 0 Å². The molecule has 4 aliphatic rings. The van der Waals surface area contributed by atoms with E-state index in [1.807, 2.05) is 0 Å². The maximum Gasteiger partial charge on any atom is 0.312 e. The quantitative estimate of drug-likeness (QED) is 0.794. The Bertz CT molecular complexity index is 408. The van der Waals surface area contributed by atoms with Crippen molar-refractivity contribution in [3.63, 3.8) is 0 Å². The van der Waals surface area contributed by atoms with Crippen LogP contribution >= 0.6 is 0 Å². The van der Waals surface area contributed by atoms with Crippen molar-refractivity contribution < 1.29 is 23.4 Å². The highest BCUT2D eigenvalue weighted by atomic mass is 19.3. The molecule has 2 atom stereocenters. The standard InChI is InChI=1S/C16H24F2O3/c1-2-3-16(20)11-4-10-5-12(16)8-15(6-10,7-11)14(19)21-9-13(17)18/h10-13,20H,2-9H2,1H3. The van der Waals surface area contributed by atoms with Gasteiger partial charge in [0.2, 0.25) is 0 Å². The fourth-order valence-corrected chi connectivity index (χ4v) is 5.43. The van der Waals surface area contributed by atoms with Gasteiger partial charge < -0.3 is 9.84 Å². The molecule has 0 aromatic rings. The first-order valence-corrected chi connectivity index (χ1v) is 8.07. The monoisotopic (exact) mass is 302 g/mol. The van der Waals surface area contributed by atoms with Crippen molar-refractivity contribution in [2.45, 2.75) is 63.9 Å². The third-order valence-electron chi connectivity index (χ3n) is 6.03. The Morgan fingerprint density at radius 2 is 1.90 bits per heavy atom. The average Bonchev–Trinajstić information content (AvgIpc) is 2.42. The summed E-state index contributed by atoms with van der Waals surface area (Å²) in [5.74, 6) is 0.241. The molecule has 0 aromatic heterocycles. The van der Waals surface area contributed by atoms with Crippen molar-refractivity contribution in [3.05, 3.63) is 0 Å². The van der Waals surface area contributed by atoms with Gasteiger partial charge in [0.05, 0.1) is 11.0 Å². The van der Waals surface area contributed by atoms with Gasteiger partial charge in [-0.25, -0.2) is 8.78 Å². The number of alkyl halides is 2. The first-order chi connectivity index (χ1) is 9.89. The van der Waals surface area contributed by atoms with Crippen LogP contribution in [0.25, 0.3) is 0 Å². The van der Waals surface area contributed by atoms with Gasteiger partial charge in [-0.05, 0) is 56.3 Å². The molecule has 4 bridgehead atoms. The highest BCUT2D eigenvalue weighted by Crippen LogP contribution is 2.64. The van der Waals surface area contributed by atoms with Crippen molar-refractivity contribution in [2.24, 2.45) is 23.2 Å². The summed E-state index contributed by atoms with van der Waals surface area (Å²) in [5, 5.41) is 11.0. The summed E-state index contributed by atoms with van der Waals surface area (Å²) >= 11 is 0. The minimum Gasteiger partial charge on any atom is -0.459 e. The second-order valence-electron chi connectivity index (χ2n) is 7.35. The Balaban J connectivity index is 1.77. The summed E-state index contributed by atoms with van der Waals surface area (Å²) in [7, 11) is 0. The highest BCUT2D eigenvalue weighted by Gasteiger charge is 2.64. The number of rotatable bonds is 5. The molecule has 3 nitrogen and oxygen atoms in total. The van der Waals surface area contributed by atoms with Gasteiger partial charge in [-0.15, -0.1) is 0 Å². The molecule has 0 spiro atoms. The summed E-state index contributed by atoms with van der Waals surface area (Å²) in [5.41, 5.74) is -1.26. The zero-order chi connectivity index (χ0) is 15.3. The molecule has 0 saturated heterocycles. The Hall–Kier alpha value is -0.710. The molecule has 0 aliphatic heterocycles. The van der Waals surface area contributed by atoms with Gasteiger partial charge in [0, 0.05) is 0 Å². The van der Waals surface area contributed by atoms with Gasteiger partial charge in [-0.3, -0.25) is 4.79 Å². The Labute approximate surface area is 124 Å². The van der Waals surface area contributed by atoms with Gasteiger partial charge in [0.15, 0.2) is 6.61 Å². The zero-order valence-electron chi connectivity index (χ0n) is 12.5. The second-order valence-corrected chi connectivity index (χ2v) is 7.35. The number of esters is 1. The molecule has 4 rings (SSSR count). The third-order valence-corrected chi connectivity index (χ3v) is 6.03. The van der Waals surface area contributed by atoms with Crippen LogP contribution in [-0.2, 0) is 9.53 Å². The molecule has 0 amide bonds. The molecule has 4 fully saturated rings. The average molecular weight is 302 g/mol. The van der Waals surface area contributed by atoms with Crippen LogP contribution in [0.4, 0.5) is 8.78 Å². The van der Waals surface area contributed by atoms with Crippen LogP contribution in [0.3, 0.4) is 0 Å². The smallest absolute Gasteiger partial charge is 0.312 e. The molecule has 2 unspecified atom stereocenters. The number of hydrogen-bond donors (Lipinski definition) is 1. The minimum absolute atomic E-state index is 0.128. The number of halogens is 2. The number of aliphatic hydroxyl groups is 1. The van der Waals surface area contributed by atoms with Crippen molar-refractivity contribution >= 4 is 5.97 Å². The largest absolute Gasteiger partial charge is 0.459 e. The summed E-state index contributed by atoms with van der Waals surface area (Å²) in [6.07, 6.45) is 3.00. The molecule has 0 radical (unpaired) electrons. The Morgan fingerprint density at radius 3 is 2.43 bits per heavy atom. The third kappa shape index (κ3) is 2.37. The van der Waals surface area contributed by atoms with Gasteiger partial charge >= 0.3 is 5.97 Å². The minimum atomic E-state index is -2.61. The first kappa shape index (κ1) is 15.2.